The second-order valence-electron chi connectivity index (χ2n) is 2.42. The van der Waals surface area contributed by atoms with E-state index in [1.165, 1.54) is 12.1 Å². The van der Waals surface area contributed by atoms with Crippen molar-refractivity contribution in [2.24, 2.45) is 0 Å². The first-order valence-electron chi connectivity index (χ1n) is 3.25. The molecule has 0 saturated heterocycles. The molecule has 3 nitrogen and oxygen atoms in total. The molecule has 0 aliphatic rings. The lowest BCUT2D eigenvalue weighted by atomic mass is 10.1. The molecule has 64 valence electrons. The Morgan fingerprint density at radius 2 is 2.08 bits per heavy atom. The van der Waals surface area contributed by atoms with Crippen LogP contribution in [0, 0.1) is 6.92 Å². The quantitative estimate of drug-likeness (QED) is 0.778. The van der Waals surface area contributed by atoms with Crippen LogP contribution < -0.4 is 0 Å². The van der Waals surface area contributed by atoms with Crippen LogP contribution in [0.15, 0.2) is 16.6 Å². The molecule has 0 amide bonds. The van der Waals surface area contributed by atoms with Crippen LogP contribution >= 0.6 is 15.9 Å². The molecular weight excluding hydrogens is 224 g/mol. The molecule has 0 unspecified atom stereocenters. The number of carboxylic acids is 1. The SMILES string of the molecule is Cc1cc(O)c(Br)cc1C(=O)O. The molecule has 2 N–H and O–H groups in total. The summed E-state index contributed by atoms with van der Waals surface area (Å²) in [5, 5.41) is 17.8. The van der Waals surface area contributed by atoms with Gasteiger partial charge in [0, 0.05) is 0 Å². The Kier molecular flexibility index (Phi) is 2.38. The Bertz CT molecular complexity index is 333. The standard InChI is InChI=1S/C8H7BrO3/c1-4-2-7(10)6(9)3-5(4)8(11)12/h2-3,10H,1H3,(H,11,12). The van der Waals surface area contributed by atoms with Gasteiger partial charge in [0.05, 0.1) is 10.0 Å². The molecule has 0 aromatic heterocycles. The predicted octanol–water partition coefficient (Wildman–Crippen LogP) is 2.16. The molecule has 1 aromatic rings. The first-order chi connectivity index (χ1) is 5.52. The van der Waals surface area contributed by atoms with Crippen molar-refractivity contribution in [1.29, 1.82) is 0 Å². The zero-order valence-corrected chi connectivity index (χ0v) is 7.92. The Hall–Kier alpha value is -1.03. The fourth-order valence-electron chi connectivity index (χ4n) is 0.897. The predicted molar refractivity (Wildman–Crippen MR) is 47.5 cm³/mol. The number of phenolic OH excluding ortho intramolecular Hbond substituents is 1. The molecule has 0 atom stereocenters. The fourth-order valence-corrected chi connectivity index (χ4v) is 1.24. The molecule has 0 aliphatic carbocycles. The number of benzene rings is 1. The third-order valence-corrected chi connectivity index (χ3v) is 2.16. The Morgan fingerprint density at radius 1 is 1.50 bits per heavy atom. The van der Waals surface area contributed by atoms with Gasteiger partial charge in [-0.3, -0.25) is 0 Å². The van der Waals surface area contributed by atoms with Gasteiger partial charge in [0.1, 0.15) is 5.75 Å². The number of phenols is 1. The normalized spacial score (nSPS) is 9.83. The largest absolute Gasteiger partial charge is 0.507 e. The minimum absolute atomic E-state index is 0.0532. The summed E-state index contributed by atoms with van der Waals surface area (Å²) in [5.41, 5.74) is 0.739. The molecule has 1 aromatic carbocycles. The minimum Gasteiger partial charge on any atom is -0.507 e. The Morgan fingerprint density at radius 3 is 2.58 bits per heavy atom. The van der Waals surface area contributed by atoms with Crippen LogP contribution in [0.1, 0.15) is 15.9 Å². The van der Waals surface area contributed by atoms with Crippen molar-refractivity contribution >= 4 is 21.9 Å². The van der Waals surface area contributed by atoms with Gasteiger partial charge in [0.2, 0.25) is 0 Å². The average molecular weight is 231 g/mol. The number of hydrogen-bond donors (Lipinski definition) is 2. The number of rotatable bonds is 1. The van der Waals surface area contributed by atoms with Crippen LogP contribution in [0.3, 0.4) is 0 Å². The van der Waals surface area contributed by atoms with Gasteiger partial charge in [0.15, 0.2) is 0 Å². The number of aryl methyl sites for hydroxylation is 1. The molecule has 0 radical (unpaired) electrons. The highest BCUT2D eigenvalue weighted by Gasteiger charge is 2.09. The zero-order chi connectivity index (χ0) is 9.30. The maximum atomic E-state index is 10.6. The molecular formula is C8H7BrO3. The van der Waals surface area contributed by atoms with Crippen LogP contribution in [0.4, 0.5) is 0 Å². The van der Waals surface area contributed by atoms with E-state index in [0.717, 1.165) is 0 Å². The van der Waals surface area contributed by atoms with Crippen molar-refractivity contribution in [3.63, 3.8) is 0 Å². The van der Waals surface area contributed by atoms with E-state index in [0.29, 0.717) is 10.0 Å². The maximum Gasteiger partial charge on any atom is 0.335 e. The molecule has 0 heterocycles. The summed E-state index contributed by atoms with van der Waals surface area (Å²) in [6.07, 6.45) is 0. The number of halogens is 1. The summed E-state index contributed by atoms with van der Waals surface area (Å²) in [7, 11) is 0. The second kappa shape index (κ2) is 3.15. The monoisotopic (exact) mass is 230 g/mol. The Balaban J connectivity index is 3.33. The fraction of sp³-hybridized carbons (Fsp3) is 0.125. The molecule has 0 bridgehead atoms. The van der Waals surface area contributed by atoms with E-state index in [1.807, 2.05) is 0 Å². The van der Waals surface area contributed by atoms with Gasteiger partial charge >= 0.3 is 5.97 Å². The number of carbonyl (C=O) groups is 1. The molecule has 12 heavy (non-hydrogen) atoms. The molecule has 0 fully saturated rings. The van der Waals surface area contributed by atoms with Crippen LogP contribution in [-0.2, 0) is 0 Å². The van der Waals surface area contributed by atoms with Crippen LogP contribution in [0.2, 0.25) is 0 Å². The van der Waals surface area contributed by atoms with E-state index in [-0.39, 0.29) is 11.3 Å². The third kappa shape index (κ3) is 1.58. The highest BCUT2D eigenvalue weighted by molar-refractivity contribution is 9.10. The average Bonchev–Trinajstić information content (AvgIpc) is 1.96. The molecule has 4 heteroatoms. The van der Waals surface area contributed by atoms with Crippen LogP contribution in [0.25, 0.3) is 0 Å². The van der Waals surface area contributed by atoms with E-state index in [4.69, 9.17) is 10.2 Å². The van der Waals surface area contributed by atoms with Crippen LogP contribution in [-0.4, -0.2) is 16.2 Å². The van der Waals surface area contributed by atoms with E-state index in [9.17, 15) is 4.79 Å². The smallest absolute Gasteiger partial charge is 0.335 e. The van der Waals surface area contributed by atoms with Gasteiger partial charge in [-0.15, -0.1) is 0 Å². The van der Waals surface area contributed by atoms with E-state index in [1.54, 1.807) is 6.92 Å². The van der Waals surface area contributed by atoms with Gasteiger partial charge in [-0.2, -0.15) is 0 Å². The summed E-state index contributed by atoms with van der Waals surface area (Å²) >= 11 is 3.04. The summed E-state index contributed by atoms with van der Waals surface area (Å²) in [6.45, 7) is 1.63. The molecule has 0 saturated carbocycles. The van der Waals surface area contributed by atoms with Gasteiger partial charge < -0.3 is 10.2 Å². The van der Waals surface area contributed by atoms with Crippen molar-refractivity contribution in [2.75, 3.05) is 0 Å². The first kappa shape index (κ1) is 9.06. The summed E-state index contributed by atoms with van der Waals surface area (Å²) in [5.74, 6) is -0.939. The topological polar surface area (TPSA) is 57.5 Å². The maximum absolute atomic E-state index is 10.6. The first-order valence-corrected chi connectivity index (χ1v) is 4.04. The third-order valence-electron chi connectivity index (χ3n) is 1.52. The number of hydrogen-bond acceptors (Lipinski definition) is 2. The lowest BCUT2D eigenvalue weighted by molar-refractivity contribution is 0.0696. The lowest BCUT2D eigenvalue weighted by Crippen LogP contribution is -1.99. The summed E-state index contributed by atoms with van der Waals surface area (Å²) in [6, 6.07) is 2.79. The summed E-state index contributed by atoms with van der Waals surface area (Å²) in [4.78, 5) is 10.6. The molecule has 0 aliphatic heterocycles. The highest BCUT2D eigenvalue weighted by Crippen LogP contribution is 2.26. The number of aromatic hydroxyl groups is 1. The molecule has 1 rings (SSSR count). The highest BCUT2D eigenvalue weighted by atomic mass is 79.9. The van der Waals surface area contributed by atoms with E-state index in [2.05, 4.69) is 15.9 Å². The van der Waals surface area contributed by atoms with E-state index >= 15 is 0 Å². The van der Waals surface area contributed by atoms with Gasteiger partial charge in [-0.25, -0.2) is 4.79 Å². The summed E-state index contributed by atoms with van der Waals surface area (Å²) < 4.78 is 0.394. The van der Waals surface area contributed by atoms with Crippen molar-refractivity contribution in [1.82, 2.24) is 0 Å². The zero-order valence-electron chi connectivity index (χ0n) is 6.34. The van der Waals surface area contributed by atoms with Crippen LogP contribution in [0.5, 0.6) is 5.75 Å². The van der Waals surface area contributed by atoms with Gasteiger partial charge in [-0.05, 0) is 40.5 Å². The van der Waals surface area contributed by atoms with Gasteiger partial charge in [-0.1, -0.05) is 0 Å². The Labute approximate surface area is 77.8 Å². The number of carboxylic acid groups (broad SMARTS) is 1. The minimum atomic E-state index is -0.992. The van der Waals surface area contributed by atoms with Crippen molar-refractivity contribution < 1.29 is 15.0 Å². The van der Waals surface area contributed by atoms with Crippen molar-refractivity contribution in [2.45, 2.75) is 6.92 Å². The van der Waals surface area contributed by atoms with Crippen molar-refractivity contribution in [3.05, 3.63) is 27.7 Å². The number of aromatic carboxylic acids is 1. The van der Waals surface area contributed by atoms with Gasteiger partial charge in [0.25, 0.3) is 0 Å². The second-order valence-corrected chi connectivity index (χ2v) is 3.28. The lowest BCUT2D eigenvalue weighted by Gasteiger charge is -2.02. The van der Waals surface area contributed by atoms with E-state index < -0.39 is 5.97 Å². The molecule has 0 spiro atoms. The van der Waals surface area contributed by atoms with Crippen molar-refractivity contribution in [3.8, 4) is 5.75 Å².